The van der Waals surface area contributed by atoms with Gasteiger partial charge in [-0.2, -0.15) is 0 Å². The van der Waals surface area contributed by atoms with Crippen LogP contribution in [0.25, 0.3) is 0 Å². The van der Waals surface area contributed by atoms with E-state index in [0.29, 0.717) is 17.6 Å². The predicted octanol–water partition coefficient (Wildman–Crippen LogP) is 4.84. The SMILES string of the molecule is CCOC1CC(Nc2cc(C)ccc2C)C12CCCCC2. The van der Waals surface area contributed by atoms with Crippen molar-refractivity contribution in [3.63, 3.8) is 0 Å². The van der Waals surface area contributed by atoms with Crippen LogP contribution in [0.15, 0.2) is 18.2 Å². The van der Waals surface area contributed by atoms with Gasteiger partial charge in [0.1, 0.15) is 0 Å². The van der Waals surface area contributed by atoms with Gasteiger partial charge >= 0.3 is 0 Å². The van der Waals surface area contributed by atoms with Crippen molar-refractivity contribution >= 4 is 5.69 Å². The van der Waals surface area contributed by atoms with Crippen molar-refractivity contribution in [1.29, 1.82) is 0 Å². The first-order valence-corrected chi connectivity index (χ1v) is 8.61. The molecule has 0 bridgehead atoms. The lowest BCUT2D eigenvalue weighted by Crippen LogP contribution is -2.62. The number of anilines is 1. The molecule has 2 aliphatic rings. The van der Waals surface area contributed by atoms with E-state index in [9.17, 15) is 0 Å². The third kappa shape index (κ3) is 2.70. The fourth-order valence-corrected chi connectivity index (χ4v) is 4.34. The zero-order valence-electron chi connectivity index (χ0n) is 13.7. The number of benzene rings is 1. The summed E-state index contributed by atoms with van der Waals surface area (Å²) in [6.07, 6.45) is 8.45. The van der Waals surface area contributed by atoms with E-state index >= 15 is 0 Å². The van der Waals surface area contributed by atoms with E-state index in [2.05, 4.69) is 44.3 Å². The van der Waals surface area contributed by atoms with Gasteiger partial charge in [0.15, 0.2) is 0 Å². The predicted molar refractivity (Wildman–Crippen MR) is 88.9 cm³/mol. The molecule has 0 aliphatic heterocycles. The molecule has 2 saturated carbocycles. The Kier molecular flexibility index (Phi) is 4.26. The highest BCUT2D eigenvalue weighted by atomic mass is 16.5. The molecule has 1 N–H and O–H groups in total. The fourth-order valence-electron chi connectivity index (χ4n) is 4.34. The van der Waals surface area contributed by atoms with Crippen LogP contribution in [-0.4, -0.2) is 18.8 Å². The Labute approximate surface area is 129 Å². The van der Waals surface area contributed by atoms with Gasteiger partial charge in [-0.05, 0) is 57.2 Å². The van der Waals surface area contributed by atoms with E-state index in [0.717, 1.165) is 6.61 Å². The maximum atomic E-state index is 6.05. The molecule has 1 aromatic carbocycles. The van der Waals surface area contributed by atoms with E-state index in [1.807, 2.05) is 0 Å². The van der Waals surface area contributed by atoms with Crippen LogP contribution in [0.4, 0.5) is 5.69 Å². The lowest BCUT2D eigenvalue weighted by Gasteiger charge is -2.58. The van der Waals surface area contributed by atoms with Crippen molar-refractivity contribution in [2.24, 2.45) is 5.41 Å². The summed E-state index contributed by atoms with van der Waals surface area (Å²) < 4.78 is 6.05. The number of ether oxygens (including phenoxy) is 1. The number of nitrogens with one attached hydrogen (secondary N) is 1. The molecule has 2 atom stereocenters. The Bertz CT molecular complexity index is 490. The molecule has 1 aromatic rings. The van der Waals surface area contributed by atoms with Gasteiger partial charge in [0.05, 0.1) is 6.10 Å². The van der Waals surface area contributed by atoms with Crippen LogP contribution in [0, 0.1) is 19.3 Å². The van der Waals surface area contributed by atoms with Crippen molar-refractivity contribution in [2.75, 3.05) is 11.9 Å². The third-order valence-corrected chi connectivity index (χ3v) is 5.66. The number of aryl methyl sites for hydroxylation is 2. The molecule has 21 heavy (non-hydrogen) atoms. The van der Waals surface area contributed by atoms with Crippen LogP contribution in [-0.2, 0) is 4.74 Å². The fraction of sp³-hybridized carbons (Fsp3) is 0.684. The molecule has 3 rings (SSSR count). The average Bonchev–Trinajstić information content (AvgIpc) is 2.50. The highest BCUT2D eigenvalue weighted by Crippen LogP contribution is 2.54. The lowest BCUT2D eigenvalue weighted by molar-refractivity contribution is -0.134. The summed E-state index contributed by atoms with van der Waals surface area (Å²) in [6.45, 7) is 7.35. The zero-order chi connectivity index (χ0) is 14.9. The lowest BCUT2D eigenvalue weighted by atomic mass is 9.55. The molecule has 0 aromatic heterocycles. The molecule has 0 amide bonds. The summed E-state index contributed by atoms with van der Waals surface area (Å²) in [5.41, 5.74) is 4.40. The molecule has 2 heteroatoms. The highest BCUT2D eigenvalue weighted by Gasteiger charge is 2.55. The third-order valence-electron chi connectivity index (χ3n) is 5.66. The molecule has 116 valence electrons. The first-order valence-electron chi connectivity index (χ1n) is 8.61. The minimum absolute atomic E-state index is 0.393. The summed E-state index contributed by atoms with van der Waals surface area (Å²) >= 11 is 0. The van der Waals surface area contributed by atoms with Crippen molar-refractivity contribution in [3.05, 3.63) is 29.3 Å². The Morgan fingerprint density at radius 2 is 1.95 bits per heavy atom. The molecule has 2 unspecified atom stereocenters. The monoisotopic (exact) mass is 287 g/mol. The second-order valence-corrected chi connectivity index (χ2v) is 6.99. The Balaban J connectivity index is 1.77. The van der Waals surface area contributed by atoms with E-state index in [1.54, 1.807) is 0 Å². The highest BCUT2D eigenvalue weighted by molar-refractivity contribution is 5.54. The van der Waals surface area contributed by atoms with E-state index in [1.165, 1.54) is 55.3 Å². The van der Waals surface area contributed by atoms with Gasteiger partial charge in [-0.1, -0.05) is 31.4 Å². The molecule has 2 fully saturated rings. The van der Waals surface area contributed by atoms with Crippen LogP contribution in [0.1, 0.15) is 56.6 Å². The topological polar surface area (TPSA) is 21.3 Å². The molecule has 0 radical (unpaired) electrons. The summed E-state index contributed by atoms with van der Waals surface area (Å²) in [7, 11) is 0. The van der Waals surface area contributed by atoms with Crippen LogP contribution in [0.2, 0.25) is 0 Å². The smallest absolute Gasteiger partial charge is 0.0670 e. The normalized spacial score (nSPS) is 27.4. The van der Waals surface area contributed by atoms with Gasteiger partial charge < -0.3 is 10.1 Å². The van der Waals surface area contributed by atoms with Crippen LogP contribution in [0.3, 0.4) is 0 Å². The number of hydrogen-bond donors (Lipinski definition) is 1. The Morgan fingerprint density at radius 1 is 1.19 bits per heavy atom. The maximum absolute atomic E-state index is 6.05. The summed E-state index contributed by atoms with van der Waals surface area (Å²) in [5, 5.41) is 3.86. The molecule has 2 nitrogen and oxygen atoms in total. The molecular weight excluding hydrogens is 258 g/mol. The van der Waals surface area contributed by atoms with Crippen molar-refractivity contribution in [1.82, 2.24) is 0 Å². The summed E-state index contributed by atoms with van der Waals surface area (Å²) in [6, 6.07) is 7.31. The largest absolute Gasteiger partial charge is 0.381 e. The second kappa shape index (κ2) is 6.00. The van der Waals surface area contributed by atoms with Crippen molar-refractivity contribution < 1.29 is 4.74 Å². The molecule has 2 aliphatic carbocycles. The minimum atomic E-state index is 0.393. The van der Waals surface area contributed by atoms with E-state index in [4.69, 9.17) is 4.74 Å². The standard InChI is InChI=1S/C19H29NO/c1-4-21-18-13-17(19(18)10-6-5-7-11-19)20-16-12-14(2)8-9-15(16)3/h8-9,12,17-18,20H,4-7,10-11,13H2,1-3H3. The van der Waals surface area contributed by atoms with Gasteiger partial charge in [-0.15, -0.1) is 0 Å². The molecule has 1 spiro atoms. The molecular formula is C19H29NO. The first kappa shape index (κ1) is 14.9. The van der Waals surface area contributed by atoms with E-state index < -0.39 is 0 Å². The Hall–Kier alpha value is -1.02. The van der Waals surface area contributed by atoms with Gasteiger partial charge in [0.2, 0.25) is 0 Å². The van der Waals surface area contributed by atoms with Gasteiger partial charge in [-0.3, -0.25) is 0 Å². The summed E-state index contributed by atoms with van der Waals surface area (Å²) in [5.74, 6) is 0. The average molecular weight is 287 g/mol. The van der Waals surface area contributed by atoms with Crippen LogP contribution < -0.4 is 5.32 Å². The second-order valence-electron chi connectivity index (χ2n) is 6.99. The molecule has 0 heterocycles. The van der Waals surface area contributed by atoms with Crippen molar-refractivity contribution in [3.8, 4) is 0 Å². The maximum Gasteiger partial charge on any atom is 0.0670 e. The van der Waals surface area contributed by atoms with Crippen molar-refractivity contribution in [2.45, 2.75) is 71.4 Å². The Morgan fingerprint density at radius 3 is 2.67 bits per heavy atom. The van der Waals surface area contributed by atoms with Gasteiger partial charge in [0.25, 0.3) is 0 Å². The number of hydrogen-bond acceptors (Lipinski definition) is 2. The van der Waals surface area contributed by atoms with E-state index in [-0.39, 0.29) is 0 Å². The molecule has 0 saturated heterocycles. The van der Waals surface area contributed by atoms with Gasteiger partial charge in [0, 0.05) is 23.8 Å². The quantitative estimate of drug-likeness (QED) is 0.855. The van der Waals surface area contributed by atoms with Gasteiger partial charge in [-0.25, -0.2) is 0 Å². The zero-order valence-corrected chi connectivity index (χ0v) is 13.7. The summed E-state index contributed by atoms with van der Waals surface area (Å²) in [4.78, 5) is 0. The van der Waals surface area contributed by atoms with Crippen LogP contribution in [0.5, 0.6) is 0 Å². The first-order chi connectivity index (χ1) is 10.2. The minimum Gasteiger partial charge on any atom is -0.381 e. The number of rotatable bonds is 4. The van der Waals surface area contributed by atoms with Crippen LogP contribution >= 0.6 is 0 Å².